The van der Waals surface area contributed by atoms with Gasteiger partial charge in [-0.3, -0.25) is 4.79 Å². The zero-order valence-corrected chi connectivity index (χ0v) is 14.9. The van der Waals surface area contributed by atoms with Gasteiger partial charge in [0.25, 0.3) is 0 Å². The maximum atomic E-state index is 13.0. The summed E-state index contributed by atoms with van der Waals surface area (Å²) in [6, 6.07) is 10.4. The van der Waals surface area contributed by atoms with E-state index in [1.54, 1.807) is 0 Å². The summed E-state index contributed by atoms with van der Waals surface area (Å²) in [5.41, 5.74) is 0.887. The summed E-state index contributed by atoms with van der Waals surface area (Å²) >= 11 is 0. The molecule has 0 radical (unpaired) electrons. The van der Waals surface area contributed by atoms with Gasteiger partial charge in [-0.15, -0.1) is 12.4 Å². The molecule has 1 fully saturated rings. The summed E-state index contributed by atoms with van der Waals surface area (Å²) in [6.07, 6.45) is 1.87. The molecule has 124 valence electrons. The number of benzene rings is 1. The minimum atomic E-state index is -0.306. The summed E-state index contributed by atoms with van der Waals surface area (Å²) in [6.45, 7) is 11.2. The van der Waals surface area contributed by atoms with Crippen LogP contribution in [0.25, 0.3) is 0 Å². The van der Waals surface area contributed by atoms with Gasteiger partial charge in [0.2, 0.25) is 5.91 Å². The highest BCUT2D eigenvalue weighted by Crippen LogP contribution is 2.39. The van der Waals surface area contributed by atoms with Crippen LogP contribution in [0.5, 0.6) is 0 Å². The molecule has 1 aliphatic heterocycles. The first-order valence-electron chi connectivity index (χ1n) is 8.25. The van der Waals surface area contributed by atoms with Gasteiger partial charge in [-0.1, -0.05) is 44.2 Å². The second-order valence-corrected chi connectivity index (χ2v) is 5.86. The van der Waals surface area contributed by atoms with Gasteiger partial charge < -0.3 is 9.80 Å². The molecule has 1 saturated heterocycles. The molecular formula is C18H29ClN2O. The predicted octanol–water partition coefficient (Wildman–Crippen LogP) is 3.33. The molecule has 3 nitrogen and oxygen atoms in total. The van der Waals surface area contributed by atoms with Crippen LogP contribution in [-0.4, -0.2) is 48.4 Å². The van der Waals surface area contributed by atoms with E-state index in [9.17, 15) is 4.79 Å². The molecule has 2 rings (SSSR count). The molecule has 1 atom stereocenters. The first kappa shape index (κ1) is 19.0. The molecule has 1 amide bonds. The fraction of sp³-hybridized carbons (Fsp3) is 0.611. The smallest absolute Gasteiger partial charge is 0.233 e. The lowest BCUT2D eigenvalue weighted by atomic mass is 9.76. The van der Waals surface area contributed by atoms with Crippen molar-refractivity contribution < 1.29 is 4.79 Å². The summed E-state index contributed by atoms with van der Waals surface area (Å²) in [5.74, 6) is 0.323. The summed E-state index contributed by atoms with van der Waals surface area (Å²) in [5, 5.41) is 0. The Labute approximate surface area is 141 Å². The highest BCUT2D eigenvalue weighted by molar-refractivity contribution is 5.90. The summed E-state index contributed by atoms with van der Waals surface area (Å²) < 4.78 is 0. The van der Waals surface area contributed by atoms with Crippen molar-refractivity contribution in [2.45, 2.75) is 39.0 Å². The third kappa shape index (κ3) is 3.64. The molecule has 0 spiro atoms. The molecule has 1 aromatic carbocycles. The standard InChI is InChI=1S/C18H28N2O.ClH/c1-4-19(5-2)14-12-18(16-10-8-7-9-11-16)13-15-20(6-3)17(18)21;/h7-11H,4-6,12-15H2,1-3H3;1H. The number of carbonyl (C=O) groups is 1. The van der Waals surface area contributed by atoms with Crippen molar-refractivity contribution in [1.29, 1.82) is 0 Å². The quantitative estimate of drug-likeness (QED) is 0.768. The monoisotopic (exact) mass is 324 g/mol. The van der Waals surface area contributed by atoms with Crippen LogP contribution in [0.15, 0.2) is 30.3 Å². The SMILES string of the molecule is CCN(CC)CCC1(c2ccccc2)CCN(CC)C1=O.Cl. The average Bonchev–Trinajstić information content (AvgIpc) is 2.86. The minimum Gasteiger partial charge on any atom is -0.342 e. The van der Waals surface area contributed by atoms with Crippen LogP contribution in [0.4, 0.5) is 0 Å². The number of amides is 1. The molecule has 0 bridgehead atoms. The van der Waals surface area contributed by atoms with Crippen molar-refractivity contribution in [2.75, 3.05) is 32.7 Å². The van der Waals surface area contributed by atoms with Gasteiger partial charge in [0.05, 0.1) is 5.41 Å². The Morgan fingerprint density at radius 3 is 2.27 bits per heavy atom. The van der Waals surface area contributed by atoms with Crippen molar-refractivity contribution >= 4 is 18.3 Å². The number of hydrogen-bond acceptors (Lipinski definition) is 2. The highest BCUT2D eigenvalue weighted by atomic mass is 35.5. The second-order valence-electron chi connectivity index (χ2n) is 5.86. The van der Waals surface area contributed by atoms with E-state index in [4.69, 9.17) is 0 Å². The van der Waals surface area contributed by atoms with E-state index in [0.717, 1.165) is 45.6 Å². The van der Waals surface area contributed by atoms with Gasteiger partial charge in [-0.2, -0.15) is 0 Å². The van der Waals surface area contributed by atoms with Crippen LogP contribution in [0.2, 0.25) is 0 Å². The van der Waals surface area contributed by atoms with E-state index in [2.05, 4.69) is 49.9 Å². The van der Waals surface area contributed by atoms with Crippen LogP contribution in [-0.2, 0) is 10.2 Å². The number of likely N-dealkylation sites (N-methyl/N-ethyl adjacent to an activating group) is 1. The molecular weight excluding hydrogens is 296 g/mol. The van der Waals surface area contributed by atoms with Gasteiger partial charge in [0.15, 0.2) is 0 Å². The maximum absolute atomic E-state index is 13.0. The van der Waals surface area contributed by atoms with Crippen LogP contribution in [0, 0.1) is 0 Å². The molecule has 1 heterocycles. The van der Waals surface area contributed by atoms with Crippen LogP contribution >= 0.6 is 12.4 Å². The van der Waals surface area contributed by atoms with Gasteiger partial charge in [0, 0.05) is 13.1 Å². The summed E-state index contributed by atoms with van der Waals surface area (Å²) in [7, 11) is 0. The average molecular weight is 325 g/mol. The molecule has 4 heteroatoms. The van der Waals surface area contributed by atoms with Crippen molar-refractivity contribution in [3.05, 3.63) is 35.9 Å². The number of carbonyl (C=O) groups excluding carboxylic acids is 1. The fourth-order valence-electron chi connectivity index (χ4n) is 3.43. The fourth-order valence-corrected chi connectivity index (χ4v) is 3.43. The number of likely N-dealkylation sites (tertiary alicyclic amines) is 1. The number of rotatable bonds is 7. The summed E-state index contributed by atoms with van der Waals surface area (Å²) in [4.78, 5) is 17.4. The Kier molecular flexibility index (Phi) is 7.37. The van der Waals surface area contributed by atoms with Gasteiger partial charge in [-0.25, -0.2) is 0 Å². The Hall–Kier alpha value is -1.06. The lowest BCUT2D eigenvalue weighted by Crippen LogP contribution is -2.40. The van der Waals surface area contributed by atoms with E-state index >= 15 is 0 Å². The van der Waals surface area contributed by atoms with Crippen LogP contribution in [0.3, 0.4) is 0 Å². The van der Waals surface area contributed by atoms with Crippen molar-refractivity contribution in [3.63, 3.8) is 0 Å². The Bertz CT molecular complexity index is 461. The first-order chi connectivity index (χ1) is 10.2. The normalized spacial score (nSPS) is 21.3. The van der Waals surface area contributed by atoms with Gasteiger partial charge in [-0.05, 0) is 45.0 Å². The minimum absolute atomic E-state index is 0. The number of nitrogens with zero attached hydrogens (tertiary/aromatic N) is 2. The third-order valence-corrected chi connectivity index (χ3v) is 4.96. The molecule has 0 aromatic heterocycles. The first-order valence-corrected chi connectivity index (χ1v) is 8.25. The largest absolute Gasteiger partial charge is 0.342 e. The van der Waals surface area contributed by atoms with E-state index in [-0.39, 0.29) is 17.8 Å². The third-order valence-electron chi connectivity index (χ3n) is 4.96. The van der Waals surface area contributed by atoms with Gasteiger partial charge in [0.1, 0.15) is 0 Å². The molecule has 1 aliphatic rings. The lowest BCUT2D eigenvalue weighted by molar-refractivity contribution is -0.132. The molecule has 1 unspecified atom stereocenters. The zero-order chi connectivity index (χ0) is 15.3. The van der Waals surface area contributed by atoms with Crippen LogP contribution < -0.4 is 0 Å². The van der Waals surface area contributed by atoms with E-state index in [0.29, 0.717) is 5.91 Å². The molecule has 0 N–H and O–H groups in total. The predicted molar refractivity (Wildman–Crippen MR) is 94.6 cm³/mol. The van der Waals surface area contributed by atoms with Crippen molar-refractivity contribution in [2.24, 2.45) is 0 Å². The van der Waals surface area contributed by atoms with E-state index in [1.165, 1.54) is 5.56 Å². The van der Waals surface area contributed by atoms with E-state index in [1.807, 2.05) is 11.0 Å². The van der Waals surface area contributed by atoms with Gasteiger partial charge >= 0.3 is 0 Å². The Morgan fingerprint density at radius 2 is 1.77 bits per heavy atom. The number of halogens is 1. The molecule has 1 aromatic rings. The lowest BCUT2D eigenvalue weighted by Gasteiger charge is -2.31. The second kappa shape index (κ2) is 8.54. The van der Waals surface area contributed by atoms with Crippen molar-refractivity contribution in [3.8, 4) is 0 Å². The number of hydrogen-bond donors (Lipinski definition) is 0. The topological polar surface area (TPSA) is 23.6 Å². The van der Waals surface area contributed by atoms with E-state index < -0.39 is 0 Å². The molecule has 0 aliphatic carbocycles. The molecule has 0 saturated carbocycles. The van der Waals surface area contributed by atoms with Crippen LogP contribution in [0.1, 0.15) is 39.2 Å². The Morgan fingerprint density at radius 1 is 1.14 bits per heavy atom. The Balaban J connectivity index is 0.00000242. The zero-order valence-electron chi connectivity index (χ0n) is 14.0. The molecule has 22 heavy (non-hydrogen) atoms. The highest BCUT2D eigenvalue weighted by Gasteiger charge is 2.46. The maximum Gasteiger partial charge on any atom is 0.233 e. The van der Waals surface area contributed by atoms with Crippen molar-refractivity contribution in [1.82, 2.24) is 9.80 Å².